The van der Waals surface area contributed by atoms with Crippen LogP contribution in [0, 0.1) is 5.92 Å². The molecule has 0 saturated heterocycles. The van der Waals surface area contributed by atoms with Crippen molar-refractivity contribution in [3.8, 4) is 11.5 Å². The van der Waals surface area contributed by atoms with Gasteiger partial charge in [-0.05, 0) is 49.4 Å². The summed E-state index contributed by atoms with van der Waals surface area (Å²) < 4.78 is 11.0. The summed E-state index contributed by atoms with van der Waals surface area (Å²) in [6, 6.07) is 15.7. The minimum atomic E-state index is -0.646. The number of aliphatic hydroxyl groups excluding tert-OH is 1. The normalized spacial score (nSPS) is 15.8. The molecule has 0 radical (unpaired) electrons. The van der Waals surface area contributed by atoms with Crippen molar-refractivity contribution in [1.82, 2.24) is 5.32 Å². The van der Waals surface area contributed by atoms with Gasteiger partial charge in [0.1, 0.15) is 12.7 Å². The molecule has 0 amide bonds. The molecule has 0 aromatic heterocycles. The van der Waals surface area contributed by atoms with Crippen molar-refractivity contribution in [3.05, 3.63) is 59.7 Å². The van der Waals surface area contributed by atoms with E-state index in [-0.39, 0.29) is 18.4 Å². The Bertz CT molecular complexity index is 758. The van der Waals surface area contributed by atoms with Crippen LogP contribution in [0.3, 0.4) is 0 Å². The minimum Gasteiger partial charge on any atom is -0.493 e. The Morgan fingerprint density at radius 2 is 1.93 bits per heavy atom. The van der Waals surface area contributed by atoms with Crippen molar-refractivity contribution in [2.24, 2.45) is 5.92 Å². The number of benzene rings is 2. The Balaban J connectivity index is 1.53. The van der Waals surface area contributed by atoms with Gasteiger partial charge in [-0.25, -0.2) is 0 Å². The third kappa shape index (κ3) is 5.31. The number of hydrogen-bond donors (Lipinski definition) is 2. The second kappa shape index (κ2) is 9.02. The van der Waals surface area contributed by atoms with E-state index in [1.807, 2.05) is 18.2 Å². The first-order valence-electron chi connectivity index (χ1n) is 9.36. The van der Waals surface area contributed by atoms with Crippen LogP contribution in [0.25, 0.3) is 0 Å². The first kappa shape index (κ1) is 19.4. The number of ether oxygens (including phenoxy) is 2. The molecule has 0 unspecified atom stereocenters. The maximum Gasteiger partial charge on any atom is 0.161 e. The highest BCUT2D eigenvalue weighted by molar-refractivity contribution is 5.94. The van der Waals surface area contributed by atoms with E-state index in [1.54, 1.807) is 18.2 Å². The summed E-state index contributed by atoms with van der Waals surface area (Å²) in [6.45, 7) is 2.10. The second-order valence-electron chi connectivity index (χ2n) is 7.02. The Labute approximate surface area is 160 Å². The molecule has 27 heavy (non-hydrogen) atoms. The van der Waals surface area contributed by atoms with E-state index in [9.17, 15) is 9.90 Å². The van der Waals surface area contributed by atoms with Crippen LogP contribution in [0.2, 0.25) is 0 Å². The zero-order valence-electron chi connectivity index (χ0n) is 15.9. The topological polar surface area (TPSA) is 67.8 Å². The lowest BCUT2D eigenvalue weighted by atomic mass is 10.0. The molecule has 3 rings (SSSR count). The van der Waals surface area contributed by atoms with Gasteiger partial charge in [-0.15, -0.1) is 0 Å². The first-order valence-corrected chi connectivity index (χ1v) is 9.36. The summed E-state index contributed by atoms with van der Waals surface area (Å²) >= 11 is 0. The largest absolute Gasteiger partial charge is 0.493 e. The van der Waals surface area contributed by atoms with Crippen LogP contribution < -0.4 is 14.8 Å². The maximum absolute atomic E-state index is 11.5. The van der Waals surface area contributed by atoms with E-state index in [2.05, 4.69) is 17.4 Å². The number of methoxy groups -OCH3 is 1. The molecule has 5 nitrogen and oxygen atoms in total. The van der Waals surface area contributed by atoms with Gasteiger partial charge in [-0.1, -0.05) is 30.3 Å². The predicted octanol–water partition coefficient (Wildman–Crippen LogP) is 3.38. The summed E-state index contributed by atoms with van der Waals surface area (Å²) in [7, 11) is 1.53. The zero-order chi connectivity index (χ0) is 19.2. The predicted molar refractivity (Wildman–Crippen MR) is 104 cm³/mol. The Morgan fingerprint density at radius 1 is 1.19 bits per heavy atom. The Morgan fingerprint density at radius 3 is 2.56 bits per heavy atom. The number of rotatable bonds is 10. The minimum absolute atomic E-state index is 0.0314. The second-order valence-corrected chi connectivity index (χ2v) is 7.02. The molecule has 0 bridgehead atoms. The van der Waals surface area contributed by atoms with Crippen LogP contribution in [0.4, 0.5) is 0 Å². The quantitative estimate of drug-likeness (QED) is 0.629. The lowest BCUT2D eigenvalue weighted by molar-refractivity contribution is 0.0998. The molecular weight excluding hydrogens is 342 g/mol. The van der Waals surface area contributed by atoms with Crippen molar-refractivity contribution in [3.63, 3.8) is 0 Å². The molecule has 1 fully saturated rings. The summed E-state index contributed by atoms with van der Waals surface area (Å²) in [5.74, 6) is 1.61. The lowest BCUT2D eigenvalue weighted by Crippen LogP contribution is -2.34. The molecule has 2 N–H and O–H groups in total. The standard InChI is InChI=1S/C22H27NO4/c1-15(24)18-10-11-20(21(12-18)26-2)27-14-19(25)13-23-22(17-8-9-17)16-6-4-3-5-7-16/h3-7,10-12,17,19,22-23,25H,8-9,13-14H2,1-2H3/t19-,22+/m1/s1. The summed E-state index contributed by atoms with van der Waals surface area (Å²) in [4.78, 5) is 11.5. The fraction of sp³-hybridized carbons (Fsp3) is 0.409. The molecule has 1 saturated carbocycles. The van der Waals surface area contributed by atoms with E-state index in [4.69, 9.17) is 9.47 Å². The zero-order valence-corrected chi connectivity index (χ0v) is 15.9. The molecule has 0 aliphatic heterocycles. The summed E-state index contributed by atoms with van der Waals surface area (Å²) in [5, 5.41) is 13.8. The number of nitrogens with one attached hydrogen (secondary N) is 1. The van der Waals surface area contributed by atoms with Crippen molar-refractivity contribution >= 4 is 5.78 Å². The maximum atomic E-state index is 11.5. The van der Waals surface area contributed by atoms with Gasteiger partial charge in [0.05, 0.1) is 7.11 Å². The lowest BCUT2D eigenvalue weighted by Gasteiger charge is -2.21. The number of carbonyl (C=O) groups is 1. The van der Waals surface area contributed by atoms with Crippen molar-refractivity contribution < 1.29 is 19.4 Å². The van der Waals surface area contributed by atoms with E-state index in [0.29, 0.717) is 29.5 Å². The highest BCUT2D eigenvalue weighted by Gasteiger charge is 2.32. The fourth-order valence-corrected chi connectivity index (χ4v) is 3.16. The molecule has 2 atom stereocenters. The van der Waals surface area contributed by atoms with E-state index in [0.717, 1.165) is 0 Å². The average molecular weight is 369 g/mol. The van der Waals surface area contributed by atoms with Gasteiger partial charge in [0, 0.05) is 18.2 Å². The smallest absolute Gasteiger partial charge is 0.161 e. The Hall–Kier alpha value is -2.37. The molecular formula is C22H27NO4. The van der Waals surface area contributed by atoms with Crippen molar-refractivity contribution in [2.75, 3.05) is 20.3 Å². The van der Waals surface area contributed by atoms with Crippen molar-refractivity contribution in [1.29, 1.82) is 0 Å². The van der Waals surface area contributed by atoms with Crippen LogP contribution in [0.15, 0.2) is 48.5 Å². The molecule has 1 aliphatic rings. The fourth-order valence-electron chi connectivity index (χ4n) is 3.16. The first-order chi connectivity index (χ1) is 13.1. The molecule has 144 valence electrons. The SMILES string of the molecule is COc1cc(C(C)=O)ccc1OC[C@H](O)CN[C@@H](c1ccccc1)C1CC1. The molecule has 5 heteroatoms. The highest BCUT2D eigenvalue weighted by atomic mass is 16.5. The van der Waals surface area contributed by atoms with Crippen LogP contribution in [0.5, 0.6) is 11.5 Å². The van der Waals surface area contributed by atoms with Crippen LogP contribution in [-0.2, 0) is 0 Å². The van der Waals surface area contributed by atoms with Crippen LogP contribution in [-0.4, -0.2) is 37.3 Å². The Kier molecular flexibility index (Phi) is 6.48. The van der Waals surface area contributed by atoms with Crippen LogP contribution in [0.1, 0.15) is 41.7 Å². The molecule has 1 aliphatic carbocycles. The van der Waals surface area contributed by atoms with Crippen molar-refractivity contribution in [2.45, 2.75) is 31.9 Å². The number of ketones is 1. The summed E-state index contributed by atoms with van der Waals surface area (Å²) in [5.41, 5.74) is 1.83. The van der Waals surface area contributed by atoms with Gasteiger partial charge < -0.3 is 19.9 Å². The van der Waals surface area contributed by atoms with E-state index < -0.39 is 6.10 Å². The van der Waals surface area contributed by atoms with E-state index in [1.165, 1.54) is 32.4 Å². The highest BCUT2D eigenvalue weighted by Crippen LogP contribution is 2.40. The van der Waals surface area contributed by atoms with Gasteiger partial charge in [0.25, 0.3) is 0 Å². The van der Waals surface area contributed by atoms with Gasteiger partial charge >= 0.3 is 0 Å². The third-order valence-corrected chi connectivity index (χ3v) is 4.83. The van der Waals surface area contributed by atoms with Gasteiger partial charge in [0.2, 0.25) is 0 Å². The number of aliphatic hydroxyl groups is 1. The molecule has 2 aromatic carbocycles. The average Bonchev–Trinajstić information content (AvgIpc) is 3.52. The number of hydrogen-bond acceptors (Lipinski definition) is 5. The molecule has 0 heterocycles. The van der Waals surface area contributed by atoms with Gasteiger partial charge in [-0.3, -0.25) is 4.79 Å². The van der Waals surface area contributed by atoms with Gasteiger partial charge in [0.15, 0.2) is 17.3 Å². The molecule has 0 spiro atoms. The van der Waals surface area contributed by atoms with Gasteiger partial charge in [-0.2, -0.15) is 0 Å². The number of Topliss-reactive ketones (excluding diaryl/α,β-unsaturated/α-hetero) is 1. The number of carbonyl (C=O) groups excluding carboxylic acids is 1. The monoisotopic (exact) mass is 369 g/mol. The molecule has 2 aromatic rings. The van der Waals surface area contributed by atoms with Crippen LogP contribution >= 0.6 is 0 Å². The summed E-state index contributed by atoms with van der Waals surface area (Å²) in [6.07, 6.45) is 1.80. The third-order valence-electron chi connectivity index (χ3n) is 4.83. The van der Waals surface area contributed by atoms with E-state index >= 15 is 0 Å².